The van der Waals surface area contributed by atoms with E-state index in [4.69, 9.17) is 0 Å². The number of para-hydroxylation sites is 1. The topological polar surface area (TPSA) is 57.7 Å². The Morgan fingerprint density at radius 2 is 1.33 bits per heavy atom. The van der Waals surface area contributed by atoms with Crippen molar-refractivity contribution < 1.29 is 14.4 Å². The molecule has 0 atom stereocenters. The Kier molecular flexibility index (Phi) is 4.96. The summed E-state index contributed by atoms with van der Waals surface area (Å²) in [6, 6.07) is 19.8. The molecule has 1 heterocycles. The number of amides is 3. The van der Waals surface area contributed by atoms with Crippen LogP contribution in [0.3, 0.4) is 0 Å². The lowest BCUT2D eigenvalue weighted by Crippen LogP contribution is -2.44. The van der Waals surface area contributed by atoms with Crippen molar-refractivity contribution >= 4 is 23.4 Å². The number of rotatable bonds is 4. The third-order valence-electron chi connectivity index (χ3n) is 5.28. The second-order valence-corrected chi connectivity index (χ2v) is 7.62. The van der Waals surface area contributed by atoms with Gasteiger partial charge in [-0.2, -0.15) is 0 Å². The average Bonchev–Trinajstić information content (AvgIpc) is 2.96. The van der Waals surface area contributed by atoms with E-state index < -0.39 is 0 Å². The number of anilines is 1. The van der Waals surface area contributed by atoms with Crippen molar-refractivity contribution in [3.63, 3.8) is 0 Å². The van der Waals surface area contributed by atoms with Gasteiger partial charge in [-0.15, -0.1) is 0 Å². The maximum absolute atomic E-state index is 13.6. The van der Waals surface area contributed by atoms with E-state index in [0.717, 1.165) is 21.6 Å². The van der Waals surface area contributed by atoms with Gasteiger partial charge in [-0.05, 0) is 56.7 Å². The van der Waals surface area contributed by atoms with Gasteiger partial charge in [0.15, 0.2) is 0 Å². The maximum atomic E-state index is 13.6. The van der Waals surface area contributed by atoms with Crippen LogP contribution in [0, 0.1) is 20.8 Å². The molecule has 0 fully saturated rings. The average molecular weight is 398 g/mol. The van der Waals surface area contributed by atoms with Crippen molar-refractivity contribution in [1.29, 1.82) is 0 Å². The monoisotopic (exact) mass is 398 g/mol. The number of carbonyl (C=O) groups excluding carboxylic acids is 3. The number of hydrogen-bond donors (Lipinski definition) is 0. The number of benzene rings is 3. The highest BCUT2D eigenvalue weighted by atomic mass is 16.2. The van der Waals surface area contributed by atoms with Crippen molar-refractivity contribution in [2.75, 3.05) is 11.6 Å². The summed E-state index contributed by atoms with van der Waals surface area (Å²) in [6.07, 6.45) is 0. The SMILES string of the molecule is Cc1cc(C)cc(C(=O)N(CN2C(=O)c3ccccc3C2=O)c2ccccc2C)c1. The van der Waals surface area contributed by atoms with E-state index in [9.17, 15) is 14.4 Å². The van der Waals surface area contributed by atoms with Gasteiger partial charge in [0.2, 0.25) is 0 Å². The molecule has 30 heavy (non-hydrogen) atoms. The van der Waals surface area contributed by atoms with Crippen molar-refractivity contribution in [3.8, 4) is 0 Å². The lowest BCUT2D eigenvalue weighted by molar-refractivity contribution is 0.0650. The molecule has 0 aliphatic carbocycles. The first-order valence-corrected chi connectivity index (χ1v) is 9.78. The van der Waals surface area contributed by atoms with Crippen LogP contribution < -0.4 is 4.90 Å². The number of imide groups is 1. The summed E-state index contributed by atoms with van der Waals surface area (Å²) >= 11 is 0. The number of carbonyl (C=O) groups is 3. The lowest BCUT2D eigenvalue weighted by Gasteiger charge is -2.28. The zero-order chi connectivity index (χ0) is 21.4. The quantitative estimate of drug-likeness (QED) is 0.608. The van der Waals surface area contributed by atoms with Crippen LogP contribution in [-0.4, -0.2) is 29.3 Å². The Hall–Kier alpha value is -3.73. The fourth-order valence-corrected chi connectivity index (χ4v) is 3.88. The standard InChI is InChI=1S/C25H22N2O3/c1-16-12-17(2)14-19(13-16)23(28)26(22-11-7-4-8-18(22)3)15-27-24(29)20-9-5-6-10-21(20)25(27)30/h4-14H,15H2,1-3H3. The number of nitrogens with zero attached hydrogens (tertiary/aromatic N) is 2. The van der Waals surface area contributed by atoms with Crippen LogP contribution in [0.2, 0.25) is 0 Å². The summed E-state index contributed by atoms with van der Waals surface area (Å²) in [7, 11) is 0. The molecule has 0 saturated carbocycles. The van der Waals surface area contributed by atoms with Crippen LogP contribution in [-0.2, 0) is 0 Å². The number of aryl methyl sites for hydroxylation is 3. The van der Waals surface area contributed by atoms with E-state index in [1.807, 2.05) is 63.2 Å². The second kappa shape index (κ2) is 7.59. The molecule has 3 amide bonds. The van der Waals surface area contributed by atoms with Crippen LogP contribution in [0.15, 0.2) is 66.7 Å². The van der Waals surface area contributed by atoms with Gasteiger partial charge in [0.05, 0.1) is 11.1 Å². The van der Waals surface area contributed by atoms with Crippen LogP contribution in [0.5, 0.6) is 0 Å². The van der Waals surface area contributed by atoms with E-state index in [-0.39, 0.29) is 24.4 Å². The van der Waals surface area contributed by atoms with E-state index in [1.54, 1.807) is 24.3 Å². The van der Waals surface area contributed by atoms with Crippen molar-refractivity contribution in [3.05, 3.63) is 100 Å². The maximum Gasteiger partial charge on any atom is 0.263 e. The second-order valence-electron chi connectivity index (χ2n) is 7.62. The Morgan fingerprint density at radius 3 is 1.90 bits per heavy atom. The van der Waals surface area contributed by atoms with Crippen molar-refractivity contribution in [1.82, 2.24) is 4.90 Å². The smallest absolute Gasteiger partial charge is 0.263 e. The van der Waals surface area contributed by atoms with Gasteiger partial charge in [0.1, 0.15) is 6.67 Å². The normalized spacial score (nSPS) is 12.8. The molecule has 0 saturated heterocycles. The lowest BCUT2D eigenvalue weighted by atomic mass is 10.1. The molecule has 3 aromatic rings. The van der Waals surface area contributed by atoms with Gasteiger partial charge in [-0.3, -0.25) is 24.2 Å². The molecule has 0 bridgehead atoms. The Labute approximate surface area is 175 Å². The molecule has 5 nitrogen and oxygen atoms in total. The summed E-state index contributed by atoms with van der Waals surface area (Å²) < 4.78 is 0. The zero-order valence-electron chi connectivity index (χ0n) is 17.2. The fraction of sp³-hybridized carbons (Fsp3) is 0.160. The van der Waals surface area contributed by atoms with E-state index >= 15 is 0 Å². The summed E-state index contributed by atoms with van der Waals surface area (Å²) in [4.78, 5) is 42.0. The van der Waals surface area contributed by atoms with Crippen molar-refractivity contribution in [2.45, 2.75) is 20.8 Å². The third-order valence-corrected chi connectivity index (χ3v) is 5.28. The minimum atomic E-state index is -0.387. The highest BCUT2D eigenvalue weighted by molar-refractivity contribution is 6.22. The fourth-order valence-electron chi connectivity index (χ4n) is 3.88. The van der Waals surface area contributed by atoms with E-state index in [1.165, 1.54) is 4.90 Å². The van der Waals surface area contributed by atoms with E-state index in [0.29, 0.717) is 22.4 Å². The summed E-state index contributed by atoms with van der Waals surface area (Å²) in [5, 5.41) is 0. The number of fused-ring (bicyclic) bond motifs is 1. The Balaban J connectivity index is 1.76. The van der Waals surface area contributed by atoms with Gasteiger partial charge in [0, 0.05) is 11.3 Å². The summed E-state index contributed by atoms with van der Waals surface area (Å²) in [5.41, 5.74) is 4.75. The molecular weight excluding hydrogens is 376 g/mol. The molecule has 0 N–H and O–H groups in total. The first-order chi connectivity index (χ1) is 14.4. The van der Waals surface area contributed by atoms with Gasteiger partial charge < -0.3 is 0 Å². The summed E-state index contributed by atoms with van der Waals surface area (Å²) in [6.45, 7) is 5.63. The van der Waals surface area contributed by atoms with Gasteiger partial charge in [-0.1, -0.05) is 47.5 Å². The molecular formula is C25H22N2O3. The molecule has 150 valence electrons. The number of hydrogen-bond acceptors (Lipinski definition) is 3. The van der Waals surface area contributed by atoms with Crippen LogP contribution in [0.4, 0.5) is 5.69 Å². The molecule has 5 heteroatoms. The van der Waals surface area contributed by atoms with Crippen molar-refractivity contribution in [2.24, 2.45) is 0 Å². The minimum Gasteiger partial charge on any atom is -0.289 e. The zero-order valence-corrected chi connectivity index (χ0v) is 17.2. The molecule has 0 unspecified atom stereocenters. The minimum absolute atomic E-state index is 0.150. The first-order valence-electron chi connectivity index (χ1n) is 9.78. The van der Waals surface area contributed by atoms with Crippen LogP contribution in [0.25, 0.3) is 0 Å². The molecule has 0 radical (unpaired) electrons. The van der Waals surface area contributed by atoms with E-state index in [2.05, 4.69) is 0 Å². The van der Waals surface area contributed by atoms with Gasteiger partial charge >= 0.3 is 0 Å². The predicted octanol–water partition coefficient (Wildman–Crippen LogP) is 4.51. The van der Waals surface area contributed by atoms with Crippen LogP contribution in [0.1, 0.15) is 47.8 Å². The molecule has 1 aliphatic heterocycles. The molecule has 3 aromatic carbocycles. The van der Waals surface area contributed by atoms with Crippen LogP contribution >= 0.6 is 0 Å². The molecule has 4 rings (SSSR count). The predicted molar refractivity (Wildman–Crippen MR) is 116 cm³/mol. The van der Waals surface area contributed by atoms with Gasteiger partial charge in [-0.25, -0.2) is 0 Å². The van der Waals surface area contributed by atoms with Gasteiger partial charge in [0.25, 0.3) is 17.7 Å². The highest BCUT2D eigenvalue weighted by Crippen LogP contribution is 2.27. The molecule has 1 aliphatic rings. The summed E-state index contributed by atoms with van der Waals surface area (Å²) in [5.74, 6) is -1.03. The first kappa shape index (κ1) is 19.6. The Bertz CT molecular complexity index is 1130. The largest absolute Gasteiger partial charge is 0.289 e. The molecule has 0 aromatic heterocycles. The highest BCUT2D eigenvalue weighted by Gasteiger charge is 2.37. The molecule has 0 spiro atoms. The third kappa shape index (κ3) is 3.39. The Morgan fingerprint density at radius 1 is 0.800 bits per heavy atom.